The first-order valence-corrected chi connectivity index (χ1v) is 8.52. The highest BCUT2D eigenvalue weighted by Gasteiger charge is 2.26. The number of ether oxygens (including phenoxy) is 1. The molecule has 21 heavy (non-hydrogen) atoms. The van der Waals surface area contributed by atoms with Gasteiger partial charge in [-0.3, -0.25) is 0 Å². The molecule has 3 unspecified atom stereocenters. The van der Waals surface area contributed by atoms with Gasteiger partial charge in [0.05, 0.1) is 6.10 Å². The second-order valence-electron chi connectivity index (χ2n) is 6.80. The Morgan fingerprint density at radius 1 is 1.24 bits per heavy atom. The second-order valence-corrected chi connectivity index (χ2v) is 7.23. The summed E-state index contributed by atoms with van der Waals surface area (Å²) in [5.41, 5.74) is 1.16. The number of rotatable bonds is 5. The van der Waals surface area contributed by atoms with E-state index in [0.717, 1.165) is 47.6 Å². The molecule has 2 nitrogen and oxygen atoms in total. The van der Waals surface area contributed by atoms with Crippen molar-refractivity contribution in [2.24, 2.45) is 11.8 Å². The molecule has 2 rings (SSSR count). The van der Waals surface area contributed by atoms with Gasteiger partial charge >= 0.3 is 0 Å². The summed E-state index contributed by atoms with van der Waals surface area (Å²) in [6.45, 7) is 9.78. The fraction of sp³-hybridized carbons (Fsp3) is 0.667. The van der Waals surface area contributed by atoms with Crippen LogP contribution in [0.1, 0.15) is 52.5 Å². The van der Waals surface area contributed by atoms with Crippen molar-refractivity contribution >= 4 is 11.6 Å². The third-order valence-electron chi connectivity index (χ3n) is 4.57. The molecule has 0 heterocycles. The van der Waals surface area contributed by atoms with E-state index in [0.29, 0.717) is 12.1 Å². The van der Waals surface area contributed by atoms with E-state index in [2.05, 4.69) is 33.0 Å². The van der Waals surface area contributed by atoms with Crippen molar-refractivity contribution in [3.63, 3.8) is 0 Å². The fourth-order valence-electron chi connectivity index (χ4n) is 2.90. The lowest BCUT2D eigenvalue weighted by Crippen LogP contribution is -2.29. The molecule has 0 bridgehead atoms. The zero-order valence-electron chi connectivity index (χ0n) is 13.7. The topological polar surface area (TPSA) is 21.3 Å². The number of benzene rings is 1. The summed E-state index contributed by atoms with van der Waals surface area (Å²) in [7, 11) is 0. The minimum atomic E-state index is 0.343. The second kappa shape index (κ2) is 7.51. The van der Waals surface area contributed by atoms with Crippen LogP contribution in [-0.2, 0) is 6.54 Å². The van der Waals surface area contributed by atoms with Crippen molar-refractivity contribution < 1.29 is 4.74 Å². The van der Waals surface area contributed by atoms with E-state index in [9.17, 15) is 0 Å². The van der Waals surface area contributed by atoms with Gasteiger partial charge in [0, 0.05) is 23.2 Å². The van der Waals surface area contributed by atoms with E-state index in [1.807, 2.05) is 18.2 Å². The molecule has 1 aliphatic rings. The van der Waals surface area contributed by atoms with Gasteiger partial charge in [-0.1, -0.05) is 39.3 Å². The summed E-state index contributed by atoms with van der Waals surface area (Å²) in [6, 6.07) is 6.40. The zero-order chi connectivity index (χ0) is 15.4. The van der Waals surface area contributed by atoms with Gasteiger partial charge in [-0.15, -0.1) is 0 Å². The lowest BCUT2D eigenvalue weighted by Gasteiger charge is -2.32. The molecule has 1 aromatic rings. The third-order valence-corrected chi connectivity index (χ3v) is 4.80. The minimum Gasteiger partial charge on any atom is -0.490 e. The minimum absolute atomic E-state index is 0.343. The van der Waals surface area contributed by atoms with Gasteiger partial charge < -0.3 is 10.1 Å². The molecule has 0 aliphatic heterocycles. The van der Waals surface area contributed by atoms with Crippen molar-refractivity contribution in [3.8, 4) is 5.75 Å². The van der Waals surface area contributed by atoms with Crippen LogP contribution in [0.3, 0.4) is 0 Å². The molecule has 3 atom stereocenters. The van der Waals surface area contributed by atoms with E-state index < -0.39 is 0 Å². The van der Waals surface area contributed by atoms with Gasteiger partial charge in [0.2, 0.25) is 0 Å². The zero-order valence-corrected chi connectivity index (χ0v) is 14.4. The van der Waals surface area contributed by atoms with E-state index in [4.69, 9.17) is 16.3 Å². The molecule has 0 aromatic heterocycles. The maximum absolute atomic E-state index is 6.29. The normalized spacial score (nSPS) is 26.1. The molecule has 0 spiro atoms. The number of nitrogens with one attached hydrogen (secondary N) is 1. The van der Waals surface area contributed by atoms with E-state index in [-0.39, 0.29) is 0 Å². The molecule has 118 valence electrons. The van der Waals surface area contributed by atoms with Crippen LogP contribution >= 0.6 is 11.6 Å². The van der Waals surface area contributed by atoms with Gasteiger partial charge in [0.1, 0.15) is 5.75 Å². The number of halogens is 1. The van der Waals surface area contributed by atoms with E-state index >= 15 is 0 Å². The molecule has 0 saturated heterocycles. The quantitative estimate of drug-likeness (QED) is 0.822. The van der Waals surface area contributed by atoms with Gasteiger partial charge in [-0.2, -0.15) is 0 Å². The molecule has 0 amide bonds. The first kappa shape index (κ1) is 16.6. The average molecular weight is 310 g/mol. The molecule has 3 heteroatoms. The Labute approximate surface area is 134 Å². The molecule has 1 aliphatic carbocycles. The lowest BCUT2D eigenvalue weighted by atomic mass is 9.80. The highest BCUT2D eigenvalue weighted by Crippen LogP contribution is 2.33. The molecular formula is C18H28ClNO. The summed E-state index contributed by atoms with van der Waals surface area (Å²) < 4.78 is 6.29. The molecule has 1 fully saturated rings. The number of hydrogen-bond donors (Lipinski definition) is 1. The fourth-order valence-corrected chi connectivity index (χ4v) is 3.09. The van der Waals surface area contributed by atoms with Crippen molar-refractivity contribution in [3.05, 3.63) is 28.8 Å². The highest BCUT2D eigenvalue weighted by molar-refractivity contribution is 6.30. The van der Waals surface area contributed by atoms with Crippen molar-refractivity contribution in [1.82, 2.24) is 5.32 Å². The SMILES string of the molecule is CC(C)NCc1cc(Cl)ccc1OC1CCC(C)C(C)C1. The summed E-state index contributed by atoms with van der Waals surface area (Å²) in [6.07, 6.45) is 3.92. The molecule has 1 saturated carbocycles. The summed E-state index contributed by atoms with van der Waals surface area (Å²) in [5.74, 6) is 2.55. The highest BCUT2D eigenvalue weighted by atomic mass is 35.5. The first-order valence-electron chi connectivity index (χ1n) is 8.14. The Balaban J connectivity index is 2.04. The average Bonchev–Trinajstić information content (AvgIpc) is 2.43. The lowest BCUT2D eigenvalue weighted by molar-refractivity contribution is 0.0995. The Kier molecular flexibility index (Phi) is 5.95. The largest absolute Gasteiger partial charge is 0.490 e. The monoisotopic (exact) mass is 309 g/mol. The van der Waals surface area contributed by atoms with Crippen LogP contribution in [0.25, 0.3) is 0 Å². The molecule has 0 radical (unpaired) electrons. The Morgan fingerprint density at radius 2 is 2.00 bits per heavy atom. The van der Waals surface area contributed by atoms with Gasteiger partial charge in [-0.05, 0) is 49.3 Å². The van der Waals surface area contributed by atoms with Crippen LogP contribution in [-0.4, -0.2) is 12.1 Å². The van der Waals surface area contributed by atoms with E-state index in [1.165, 1.54) is 6.42 Å². The van der Waals surface area contributed by atoms with Gasteiger partial charge in [0.15, 0.2) is 0 Å². The predicted molar refractivity (Wildman–Crippen MR) is 90.0 cm³/mol. The van der Waals surface area contributed by atoms with E-state index in [1.54, 1.807) is 0 Å². The molecule has 1 N–H and O–H groups in total. The standard InChI is InChI=1S/C18H28ClNO/c1-12(2)20-11-15-10-16(19)6-8-18(15)21-17-7-5-13(3)14(4)9-17/h6,8,10,12-14,17,20H,5,7,9,11H2,1-4H3. The Bertz CT molecular complexity index is 461. The predicted octanol–water partition coefficient (Wildman–Crippen LogP) is 5.04. The van der Waals surface area contributed by atoms with Crippen LogP contribution in [0.2, 0.25) is 5.02 Å². The van der Waals surface area contributed by atoms with Crippen molar-refractivity contribution in [2.45, 2.75) is 65.6 Å². The van der Waals surface area contributed by atoms with Crippen LogP contribution in [0.5, 0.6) is 5.75 Å². The molecular weight excluding hydrogens is 282 g/mol. The van der Waals surface area contributed by atoms with Crippen LogP contribution in [0.15, 0.2) is 18.2 Å². The van der Waals surface area contributed by atoms with Gasteiger partial charge in [-0.25, -0.2) is 0 Å². The Hall–Kier alpha value is -0.730. The first-order chi connectivity index (χ1) is 9.95. The van der Waals surface area contributed by atoms with Crippen molar-refractivity contribution in [1.29, 1.82) is 0 Å². The van der Waals surface area contributed by atoms with Crippen molar-refractivity contribution in [2.75, 3.05) is 0 Å². The smallest absolute Gasteiger partial charge is 0.124 e. The third kappa shape index (κ3) is 4.89. The van der Waals surface area contributed by atoms with Gasteiger partial charge in [0.25, 0.3) is 0 Å². The summed E-state index contributed by atoms with van der Waals surface area (Å²) in [5, 5.41) is 4.22. The summed E-state index contributed by atoms with van der Waals surface area (Å²) in [4.78, 5) is 0. The summed E-state index contributed by atoms with van der Waals surface area (Å²) >= 11 is 6.13. The number of hydrogen-bond acceptors (Lipinski definition) is 2. The molecule has 1 aromatic carbocycles. The van der Waals surface area contributed by atoms with Crippen LogP contribution in [0, 0.1) is 11.8 Å². The van der Waals surface area contributed by atoms with Crippen LogP contribution < -0.4 is 10.1 Å². The van der Waals surface area contributed by atoms with Crippen LogP contribution in [0.4, 0.5) is 0 Å². The Morgan fingerprint density at radius 3 is 2.67 bits per heavy atom. The maximum Gasteiger partial charge on any atom is 0.124 e. The maximum atomic E-state index is 6.29.